The Morgan fingerprint density at radius 3 is 2.18 bits per heavy atom. The van der Waals surface area contributed by atoms with Gasteiger partial charge in [0, 0.05) is 18.8 Å². The number of nitrogens with one attached hydrogen (secondary N) is 1. The van der Waals surface area contributed by atoms with Gasteiger partial charge >= 0.3 is 12.2 Å². The Balaban J connectivity index is 2.02. The van der Waals surface area contributed by atoms with Crippen LogP contribution in [0.4, 0.5) is 9.59 Å². The molecule has 222 valence electrons. The Labute approximate surface area is 235 Å². The van der Waals surface area contributed by atoms with Crippen LogP contribution in [0.2, 0.25) is 0 Å². The minimum Gasteiger partial charge on any atom is -0.443 e. The molecule has 3 aliphatic carbocycles. The fourth-order valence-electron chi connectivity index (χ4n) is 7.95. The van der Waals surface area contributed by atoms with E-state index >= 15 is 0 Å². The zero-order chi connectivity index (χ0) is 29.6. The average molecular weight is 549 g/mol. The number of ketones is 2. The first kappa shape index (κ1) is 31.4. The lowest BCUT2D eigenvalue weighted by molar-refractivity contribution is -0.153. The highest BCUT2D eigenvalue weighted by atomic mass is 16.6. The standard InChI is InChI=1S/C31H52N2O6/c1-19-18-30(9)21(17-25(19)35)12-13-22-23(30)15-16-31(10,24(22)14-11-20(2)34)33(27(37)39-29(6,7)8)32-26(36)38-28(3,4)5/h19,21-24H,11-18H2,1-10H3,(H,32,36)/t19-,21?,22?,23?,24?,30+,31?/m1/s1. The van der Waals surface area contributed by atoms with E-state index in [0.717, 1.165) is 25.7 Å². The third-order valence-electron chi connectivity index (χ3n) is 9.66. The summed E-state index contributed by atoms with van der Waals surface area (Å²) >= 11 is 0. The van der Waals surface area contributed by atoms with Gasteiger partial charge in [-0.1, -0.05) is 13.8 Å². The van der Waals surface area contributed by atoms with Gasteiger partial charge in [0.05, 0.1) is 5.54 Å². The van der Waals surface area contributed by atoms with Crippen LogP contribution in [0.1, 0.15) is 121 Å². The number of hydrogen-bond donors (Lipinski definition) is 1. The van der Waals surface area contributed by atoms with E-state index < -0.39 is 28.9 Å². The second-order valence-electron chi connectivity index (χ2n) is 15.0. The van der Waals surface area contributed by atoms with E-state index in [1.54, 1.807) is 48.5 Å². The molecule has 0 saturated heterocycles. The molecule has 39 heavy (non-hydrogen) atoms. The minimum absolute atomic E-state index is 0.0340. The number of fused-ring (bicyclic) bond motifs is 3. The van der Waals surface area contributed by atoms with Crippen LogP contribution in [0.3, 0.4) is 0 Å². The molecule has 0 radical (unpaired) electrons. The Hall–Kier alpha value is -2.12. The van der Waals surface area contributed by atoms with Gasteiger partial charge in [0.2, 0.25) is 0 Å². The summed E-state index contributed by atoms with van der Waals surface area (Å²) in [5, 5.41) is 1.37. The van der Waals surface area contributed by atoms with Crippen LogP contribution in [0.25, 0.3) is 0 Å². The van der Waals surface area contributed by atoms with Crippen molar-refractivity contribution in [3.8, 4) is 0 Å². The number of ether oxygens (including phenoxy) is 2. The van der Waals surface area contributed by atoms with Crippen molar-refractivity contribution in [3.63, 3.8) is 0 Å². The average Bonchev–Trinajstić information content (AvgIpc) is 2.75. The summed E-state index contributed by atoms with van der Waals surface area (Å²) in [6.07, 6.45) is 4.67. The molecule has 8 nitrogen and oxygen atoms in total. The van der Waals surface area contributed by atoms with Gasteiger partial charge < -0.3 is 14.3 Å². The van der Waals surface area contributed by atoms with Gasteiger partial charge in [-0.3, -0.25) is 4.79 Å². The van der Waals surface area contributed by atoms with Crippen LogP contribution in [0.5, 0.6) is 0 Å². The van der Waals surface area contributed by atoms with Crippen LogP contribution < -0.4 is 5.43 Å². The lowest BCUT2D eigenvalue weighted by Crippen LogP contribution is -2.67. The highest BCUT2D eigenvalue weighted by Crippen LogP contribution is 2.63. The van der Waals surface area contributed by atoms with Crippen molar-refractivity contribution >= 4 is 23.8 Å². The molecule has 8 heteroatoms. The largest absolute Gasteiger partial charge is 0.443 e. The third kappa shape index (κ3) is 6.97. The maximum Gasteiger partial charge on any atom is 0.429 e. The van der Waals surface area contributed by atoms with Crippen LogP contribution >= 0.6 is 0 Å². The number of hydrazine groups is 1. The second kappa shape index (κ2) is 11.0. The molecule has 0 aromatic carbocycles. The van der Waals surface area contributed by atoms with E-state index in [2.05, 4.69) is 19.3 Å². The number of hydrogen-bond acceptors (Lipinski definition) is 6. The summed E-state index contributed by atoms with van der Waals surface area (Å²) in [5.41, 5.74) is 0.529. The van der Waals surface area contributed by atoms with Gasteiger partial charge in [-0.2, -0.15) is 0 Å². The Bertz CT molecular complexity index is 965. The van der Waals surface area contributed by atoms with Crippen molar-refractivity contribution in [2.45, 2.75) is 137 Å². The Kier molecular flexibility index (Phi) is 8.89. The Morgan fingerprint density at radius 2 is 1.62 bits per heavy atom. The summed E-state index contributed by atoms with van der Waals surface area (Å²) in [6.45, 7) is 18.8. The molecule has 0 aliphatic heterocycles. The zero-order valence-electron chi connectivity index (χ0n) is 25.9. The number of carbonyl (C=O) groups is 4. The van der Waals surface area contributed by atoms with E-state index in [0.29, 0.717) is 43.3 Å². The lowest BCUT2D eigenvalue weighted by atomic mass is 9.44. The topological polar surface area (TPSA) is 102 Å². The molecule has 0 spiro atoms. The number of nitrogens with zero attached hydrogens (tertiary/aromatic N) is 1. The molecule has 5 unspecified atom stereocenters. The van der Waals surface area contributed by atoms with Crippen molar-refractivity contribution in [2.75, 3.05) is 0 Å². The monoisotopic (exact) mass is 548 g/mol. The summed E-state index contributed by atoms with van der Waals surface area (Å²) < 4.78 is 11.4. The van der Waals surface area contributed by atoms with Crippen LogP contribution in [-0.2, 0) is 19.1 Å². The van der Waals surface area contributed by atoms with Crippen molar-refractivity contribution < 1.29 is 28.7 Å². The van der Waals surface area contributed by atoms with Gasteiger partial charge in [-0.15, -0.1) is 0 Å². The van der Waals surface area contributed by atoms with Gasteiger partial charge in [0.15, 0.2) is 0 Å². The molecule has 0 aromatic rings. The van der Waals surface area contributed by atoms with E-state index in [-0.39, 0.29) is 29.0 Å². The van der Waals surface area contributed by atoms with Crippen LogP contribution in [0.15, 0.2) is 0 Å². The third-order valence-corrected chi connectivity index (χ3v) is 9.66. The number of amides is 2. The fraction of sp³-hybridized carbons (Fsp3) is 0.871. The zero-order valence-corrected chi connectivity index (χ0v) is 25.9. The molecular weight excluding hydrogens is 496 g/mol. The second-order valence-corrected chi connectivity index (χ2v) is 15.0. The van der Waals surface area contributed by atoms with Gasteiger partial charge in [-0.25, -0.2) is 20.0 Å². The molecule has 2 amide bonds. The summed E-state index contributed by atoms with van der Waals surface area (Å²) in [5.74, 6) is 1.54. The van der Waals surface area contributed by atoms with Crippen molar-refractivity contribution in [2.24, 2.45) is 35.0 Å². The molecule has 0 heterocycles. The van der Waals surface area contributed by atoms with Gasteiger partial charge in [0.25, 0.3) is 0 Å². The number of carbonyl (C=O) groups excluding carboxylic acids is 4. The maximum absolute atomic E-state index is 13.7. The van der Waals surface area contributed by atoms with Crippen LogP contribution in [0, 0.1) is 35.0 Å². The molecule has 3 rings (SSSR count). The van der Waals surface area contributed by atoms with E-state index in [9.17, 15) is 19.2 Å². The van der Waals surface area contributed by atoms with E-state index in [1.165, 1.54) is 5.01 Å². The normalized spacial score (nSPS) is 34.8. The summed E-state index contributed by atoms with van der Waals surface area (Å²) in [6, 6.07) is 0. The highest BCUT2D eigenvalue weighted by Gasteiger charge is 2.60. The first-order chi connectivity index (χ1) is 17.8. The molecule has 0 bridgehead atoms. The quantitative estimate of drug-likeness (QED) is 0.386. The van der Waals surface area contributed by atoms with Crippen molar-refractivity contribution in [1.29, 1.82) is 0 Å². The van der Waals surface area contributed by atoms with Crippen LogP contribution in [-0.4, -0.2) is 45.5 Å². The summed E-state index contributed by atoms with van der Waals surface area (Å²) in [7, 11) is 0. The highest BCUT2D eigenvalue weighted by molar-refractivity contribution is 5.82. The number of Topliss-reactive ketones (excluding diaryl/α,β-unsaturated/α-hetero) is 2. The molecule has 1 N–H and O–H groups in total. The predicted octanol–water partition coefficient (Wildman–Crippen LogP) is 6.85. The van der Waals surface area contributed by atoms with Crippen molar-refractivity contribution in [1.82, 2.24) is 10.4 Å². The molecule has 3 fully saturated rings. The first-order valence-electron chi connectivity index (χ1n) is 14.8. The number of rotatable bonds is 4. The fourth-order valence-corrected chi connectivity index (χ4v) is 7.95. The smallest absolute Gasteiger partial charge is 0.429 e. The SMILES string of the molecule is CC(=O)CCC1C2CCC3CC(=O)[C@H](C)C[C@]3(C)C2CCC1(C)N(NC(=O)OC(C)(C)C)C(=O)OC(C)(C)C. The minimum atomic E-state index is -0.783. The molecular formula is C31H52N2O6. The van der Waals surface area contributed by atoms with Gasteiger partial charge in [-0.05, 0) is 123 Å². The Morgan fingerprint density at radius 1 is 1.00 bits per heavy atom. The molecule has 0 aromatic heterocycles. The first-order valence-corrected chi connectivity index (χ1v) is 14.8. The molecule has 3 saturated carbocycles. The predicted molar refractivity (Wildman–Crippen MR) is 150 cm³/mol. The maximum atomic E-state index is 13.7. The molecule has 3 aliphatic rings. The van der Waals surface area contributed by atoms with Crippen molar-refractivity contribution in [3.05, 3.63) is 0 Å². The van der Waals surface area contributed by atoms with Gasteiger partial charge in [0.1, 0.15) is 22.8 Å². The van der Waals surface area contributed by atoms with E-state index in [1.807, 2.05) is 6.92 Å². The van der Waals surface area contributed by atoms with E-state index in [4.69, 9.17) is 9.47 Å². The lowest BCUT2D eigenvalue weighted by Gasteiger charge is -2.62. The molecule has 7 atom stereocenters. The summed E-state index contributed by atoms with van der Waals surface area (Å²) in [4.78, 5) is 51.6.